The van der Waals surface area contributed by atoms with Crippen molar-refractivity contribution in [2.24, 2.45) is 0 Å². The van der Waals surface area contributed by atoms with E-state index in [1.54, 1.807) is 29.0 Å². The lowest BCUT2D eigenvalue weighted by atomic mass is 10.0. The van der Waals surface area contributed by atoms with Crippen LogP contribution < -0.4 is 9.47 Å². The SMILES string of the molecule is COc1cc(/C=C(\C#N)C(=O)c2ccsc2)cc(Cl)c1OC. The minimum Gasteiger partial charge on any atom is -0.493 e. The first-order chi connectivity index (χ1) is 10.6. The van der Waals surface area contributed by atoms with Crippen LogP contribution in [0.4, 0.5) is 0 Å². The molecule has 0 aliphatic heterocycles. The van der Waals surface area contributed by atoms with Crippen LogP contribution in [0.5, 0.6) is 11.5 Å². The van der Waals surface area contributed by atoms with Gasteiger partial charge in [-0.2, -0.15) is 16.6 Å². The van der Waals surface area contributed by atoms with E-state index in [4.69, 9.17) is 21.1 Å². The molecule has 0 aliphatic carbocycles. The lowest BCUT2D eigenvalue weighted by molar-refractivity contribution is 0.104. The van der Waals surface area contributed by atoms with Gasteiger partial charge in [0.05, 0.1) is 19.2 Å². The number of allylic oxidation sites excluding steroid dienone is 1. The van der Waals surface area contributed by atoms with E-state index < -0.39 is 0 Å². The van der Waals surface area contributed by atoms with Gasteiger partial charge in [-0.1, -0.05) is 11.6 Å². The number of carbonyl (C=O) groups excluding carboxylic acids is 1. The Morgan fingerprint density at radius 3 is 2.68 bits per heavy atom. The van der Waals surface area contributed by atoms with Gasteiger partial charge < -0.3 is 9.47 Å². The van der Waals surface area contributed by atoms with Crippen molar-refractivity contribution >= 4 is 34.8 Å². The number of Topliss-reactive ketones (excluding diaryl/α,β-unsaturated/α-hetero) is 1. The first-order valence-corrected chi connectivity index (χ1v) is 7.53. The average molecular weight is 334 g/mol. The number of carbonyl (C=O) groups is 1. The highest BCUT2D eigenvalue weighted by Gasteiger charge is 2.14. The third-order valence-electron chi connectivity index (χ3n) is 2.92. The van der Waals surface area contributed by atoms with Crippen LogP contribution in [-0.2, 0) is 0 Å². The molecule has 6 heteroatoms. The Hall–Kier alpha value is -2.29. The van der Waals surface area contributed by atoms with E-state index in [2.05, 4.69) is 0 Å². The second kappa shape index (κ2) is 7.12. The Labute approximate surface area is 137 Å². The molecular weight excluding hydrogens is 322 g/mol. The molecule has 0 amide bonds. The molecule has 1 heterocycles. The van der Waals surface area contributed by atoms with Crippen LogP contribution in [0, 0.1) is 11.3 Å². The second-order valence-electron chi connectivity index (χ2n) is 4.25. The Bertz CT molecular complexity index is 760. The summed E-state index contributed by atoms with van der Waals surface area (Å²) < 4.78 is 10.4. The second-order valence-corrected chi connectivity index (χ2v) is 5.44. The fraction of sp³-hybridized carbons (Fsp3) is 0.125. The van der Waals surface area contributed by atoms with Crippen LogP contribution in [0.25, 0.3) is 6.08 Å². The van der Waals surface area contributed by atoms with Gasteiger partial charge >= 0.3 is 0 Å². The summed E-state index contributed by atoms with van der Waals surface area (Å²) in [6.45, 7) is 0. The average Bonchev–Trinajstić information content (AvgIpc) is 3.05. The molecule has 0 radical (unpaired) electrons. The molecule has 0 N–H and O–H groups in total. The molecule has 0 spiro atoms. The Morgan fingerprint density at radius 2 is 2.14 bits per heavy atom. The number of methoxy groups -OCH3 is 2. The zero-order chi connectivity index (χ0) is 16.1. The first-order valence-electron chi connectivity index (χ1n) is 6.21. The third-order valence-corrected chi connectivity index (χ3v) is 3.88. The molecule has 1 aromatic heterocycles. The van der Waals surface area contributed by atoms with Gasteiger partial charge in [0.2, 0.25) is 5.78 Å². The fourth-order valence-electron chi connectivity index (χ4n) is 1.89. The highest BCUT2D eigenvalue weighted by molar-refractivity contribution is 7.08. The molecule has 0 unspecified atom stereocenters. The largest absolute Gasteiger partial charge is 0.493 e. The predicted molar refractivity (Wildman–Crippen MR) is 86.8 cm³/mol. The highest BCUT2D eigenvalue weighted by Crippen LogP contribution is 2.36. The minimum absolute atomic E-state index is 0.0293. The summed E-state index contributed by atoms with van der Waals surface area (Å²) in [6.07, 6.45) is 1.48. The maximum atomic E-state index is 12.2. The van der Waals surface area contributed by atoms with Gasteiger partial charge in [-0.15, -0.1) is 0 Å². The van der Waals surface area contributed by atoms with Crippen molar-refractivity contribution in [1.29, 1.82) is 5.26 Å². The van der Waals surface area contributed by atoms with E-state index in [0.29, 0.717) is 27.6 Å². The lowest BCUT2D eigenvalue weighted by Crippen LogP contribution is -2.00. The minimum atomic E-state index is -0.324. The van der Waals surface area contributed by atoms with Crippen LogP contribution >= 0.6 is 22.9 Å². The van der Waals surface area contributed by atoms with Crippen LogP contribution in [0.2, 0.25) is 5.02 Å². The van der Waals surface area contributed by atoms with Crippen LogP contribution in [0.15, 0.2) is 34.5 Å². The van der Waals surface area contributed by atoms with Crippen molar-refractivity contribution in [1.82, 2.24) is 0 Å². The van der Waals surface area contributed by atoms with Crippen molar-refractivity contribution in [3.8, 4) is 17.6 Å². The van der Waals surface area contributed by atoms with Crippen LogP contribution in [-0.4, -0.2) is 20.0 Å². The number of halogens is 1. The summed E-state index contributed by atoms with van der Waals surface area (Å²) in [5, 5.41) is 13.1. The lowest BCUT2D eigenvalue weighted by Gasteiger charge is -2.10. The molecule has 1 aromatic carbocycles. The van der Waals surface area contributed by atoms with Crippen molar-refractivity contribution < 1.29 is 14.3 Å². The van der Waals surface area contributed by atoms with Crippen molar-refractivity contribution in [2.45, 2.75) is 0 Å². The smallest absolute Gasteiger partial charge is 0.204 e. The number of thiophene rings is 1. The zero-order valence-electron chi connectivity index (χ0n) is 11.9. The molecule has 22 heavy (non-hydrogen) atoms. The predicted octanol–water partition coefficient (Wildman–Crippen LogP) is 4.21. The summed E-state index contributed by atoms with van der Waals surface area (Å²) in [6, 6.07) is 6.87. The quantitative estimate of drug-likeness (QED) is 0.467. The standard InChI is InChI=1S/C16H12ClNO3S/c1-20-14-7-10(6-13(17)16(14)21-2)5-12(8-18)15(19)11-3-4-22-9-11/h3-7,9H,1-2H3/b12-5+. The summed E-state index contributed by atoms with van der Waals surface area (Å²) >= 11 is 7.52. The normalized spacial score (nSPS) is 10.9. The topological polar surface area (TPSA) is 59.3 Å². The molecule has 2 aromatic rings. The monoisotopic (exact) mass is 333 g/mol. The van der Waals surface area contributed by atoms with E-state index in [-0.39, 0.29) is 11.4 Å². The molecule has 112 valence electrons. The Kier molecular flexibility index (Phi) is 5.21. The molecule has 0 fully saturated rings. The summed E-state index contributed by atoms with van der Waals surface area (Å²) in [5.74, 6) is 0.514. The Morgan fingerprint density at radius 1 is 1.36 bits per heavy atom. The number of ketones is 1. The summed E-state index contributed by atoms with van der Waals surface area (Å²) in [4.78, 5) is 12.2. The maximum absolute atomic E-state index is 12.2. The molecule has 0 saturated carbocycles. The van der Waals surface area contributed by atoms with Gasteiger partial charge in [-0.25, -0.2) is 0 Å². The van der Waals surface area contributed by atoms with Gasteiger partial charge in [0.15, 0.2) is 11.5 Å². The number of ether oxygens (including phenoxy) is 2. The van der Waals surface area contributed by atoms with Gasteiger partial charge in [0.1, 0.15) is 11.6 Å². The number of hydrogen-bond donors (Lipinski definition) is 0. The Balaban J connectivity index is 2.45. The van der Waals surface area contributed by atoms with Crippen molar-refractivity contribution in [3.05, 3.63) is 50.7 Å². The number of rotatable bonds is 5. The molecule has 0 aliphatic rings. The molecule has 4 nitrogen and oxygen atoms in total. The summed E-state index contributed by atoms with van der Waals surface area (Å²) in [5.41, 5.74) is 1.11. The van der Waals surface area contributed by atoms with E-state index in [9.17, 15) is 10.1 Å². The van der Waals surface area contributed by atoms with Gasteiger partial charge in [0, 0.05) is 10.9 Å². The number of benzene rings is 1. The van der Waals surface area contributed by atoms with Crippen molar-refractivity contribution in [3.63, 3.8) is 0 Å². The van der Waals surface area contributed by atoms with E-state index in [1.807, 2.05) is 6.07 Å². The molecule has 2 rings (SSSR count). The maximum Gasteiger partial charge on any atom is 0.204 e. The van der Waals surface area contributed by atoms with Crippen LogP contribution in [0.1, 0.15) is 15.9 Å². The van der Waals surface area contributed by atoms with E-state index >= 15 is 0 Å². The first kappa shape index (κ1) is 16.1. The molecule has 0 saturated heterocycles. The molecule has 0 bridgehead atoms. The van der Waals surface area contributed by atoms with Crippen LogP contribution in [0.3, 0.4) is 0 Å². The van der Waals surface area contributed by atoms with E-state index in [0.717, 1.165) is 0 Å². The fourth-order valence-corrected chi connectivity index (χ4v) is 2.82. The number of nitriles is 1. The van der Waals surface area contributed by atoms with E-state index in [1.165, 1.54) is 31.6 Å². The molecule has 0 atom stereocenters. The zero-order valence-corrected chi connectivity index (χ0v) is 13.5. The number of nitrogens with zero attached hydrogens (tertiary/aromatic N) is 1. The van der Waals surface area contributed by atoms with Gasteiger partial charge in [0.25, 0.3) is 0 Å². The van der Waals surface area contributed by atoms with Gasteiger partial charge in [-0.05, 0) is 35.2 Å². The third kappa shape index (κ3) is 3.30. The van der Waals surface area contributed by atoms with Crippen molar-refractivity contribution in [2.75, 3.05) is 14.2 Å². The van der Waals surface area contributed by atoms with Gasteiger partial charge in [-0.3, -0.25) is 4.79 Å². The molecular formula is C16H12ClNO3S. The highest BCUT2D eigenvalue weighted by atomic mass is 35.5. The number of hydrogen-bond acceptors (Lipinski definition) is 5. The summed E-state index contributed by atoms with van der Waals surface area (Å²) in [7, 11) is 2.98.